The molecule has 2 aromatic carbocycles. The number of fused-ring (bicyclic) bond motifs is 1. The van der Waals surface area contributed by atoms with Crippen LogP contribution in [0.2, 0.25) is 0 Å². The van der Waals surface area contributed by atoms with Crippen LogP contribution in [0.5, 0.6) is 23.0 Å². The van der Waals surface area contributed by atoms with Gasteiger partial charge in [0.05, 0.1) is 39.8 Å². The Labute approximate surface area is 174 Å². The second-order valence-corrected chi connectivity index (χ2v) is 6.82. The Bertz CT molecular complexity index is 1120. The van der Waals surface area contributed by atoms with E-state index in [9.17, 15) is 4.79 Å². The maximum absolute atomic E-state index is 12.7. The standard InChI is InChI=1S/C23H22N2O5/c1-27-17-5-6-18-13(9-17)7-15(22(18)26)8-16-12-19(25-24-16)14-10-20(28-2)23(30-4)21(11-14)29-3/h5-6,8-12H,7H2,1-4H3,(H,24,25). The summed E-state index contributed by atoms with van der Waals surface area (Å²) in [6, 6.07) is 11.1. The molecule has 1 aliphatic carbocycles. The number of ketones is 1. The first-order valence-electron chi connectivity index (χ1n) is 9.36. The number of H-pyrrole nitrogens is 1. The van der Waals surface area contributed by atoms with Crippen LogP contribution < -0.4 is 18.9 Å². The molecular formula is C23H22N2O5. The number of methoxy groups -OCH3 is 4. The number of allylic oxidation sites excluding steroid dienone is 1. The molecule has 1 aromatic heterocycles. The van der Waals surface area contributed by atoms with E-state index in [0.29, 0.717) is 40.5 Å². The van der Waals surface area contributed by atoms with Crippen LogP contribution in [-0.2, 0) is 6.42 Å². The molecule has 7 nitrogen and oxygen atoms in total. The molecule has 0 saturated carbocycles. The SMILES string of the molecule is COc1ccc2c(c1)CC(=Cc1cc(-c3cc(OC)c(OC)c(OC)c3)n[nH]1)C2=O. The number of Topliss-reactive ketones (excluding diaryl/α,β-unsaturated/α-hetero) is 1. The molecule has 0 radical (unpaired) electrons. The van der Waals surface area contributed by atoms with E-state index < -0.39 is 0 Å². The van der Waals surface area contributed by atoms with Crippen molar-refractivity contribution in [1.29, 1.82) is 0 Å². The normalized spacial score (nSPS) is 14.0. The highest BCUT2D eigenvalue weighted by molar-refractivity contribution is 6.15. The quantitative estimate of drug-likeness (QED) is 0.625. The van der Waals surface area contributed by atoms with Crippen LogP contribution in [0.25, 0.3) is 17.3 Å². The molecule has 3 aromatic rings. The van der Waals surface area contributed by atoms with E-state index in [1.165, 1.54) is 0 Å². The van der Waals surface area contributed by atoms with Gasteiger partial charge in [0.15, 0.2) is 17.3 Å². The van der Waals surface area contributed by atoms with Crippen molar-refractivity contribution in [2.24, 2.45) is 0 Å². The van der Waals surface area contributed by atoms with Gasteiger partial charge in [-0.1, -0.05) is 0 Å². The molecule has 30 heavy (non-hydrogen) atoms. The molecule has 0 aliphatic heterocycles. The molecule has 0 bridgehead atoms. The van der Waals surface area contributed by atoms with Crippen LogP contribution in [-0.4, -0.2) is 44.4 Å². The molecule has 0 unspecified atom stereocenters. The van der Waals surface area contributed by atoms with Gasteiger partial charge >= 0.3 is 0 Å². The highest BCUT2D eigenvalue weighted by atomic mass is 16.5. The number of nitrogens with one attached hydrogen (secondary N) is 1. The highest BCUT2D eigenvalue weighted by Gasteiger charge is 2.25. The lowest BCUT2D eigenvalue weighted by atomic mass is 10.1. The number of carbonyl (C=O) groups excluding carboxylic acids is 1. The van der Waals surface area contributed by atoms with Crippen molar-refractivity contribution in [2.45, 2.75) is 6.42 Å². The van der Waals surface area contributed by atoms with E-state index in [2.05, 4.69) is 10.2 Å². The second kappa shape index (κ2) is 7.94. The van der Waals surface area contributed by atoms with E-state index >= 15 is 0 Å². The zero-order valence-electron chi connectivity index (χ0n) is 17.2. The molecular weight excluding hydrogens is 384 g/mol. The summed E-state index contributed by atoms with van der Waals surface area (Å²) in [5.74, 6) is 2.38. The Morgan fingerprint density at radius 1 is 0.933 bits per heavy atom. The van der Waals surface area contributed by atoms with Crippen LogP contribution in [0.1, 0.15) is 21.6 Å². The second-order valence-electron chi connectivity index (χ2n) is 6.82. The highest BCUT2D eigenvalue weighted by Crippen LogP contribution is 2.41. The van der Waals surface area contributed by atoms with Crippen LogP contribution in [0, 0.1) is 0 Å². The monoisotopic (exact) mass is 406 g/mol. The fraction of sp³-hybridized carbons (Fsp3) is 0.217. The number of aromatic amines is 1. The van der Waals surface area contributed by atoms with Gasteiger partial charge < -0.3 is 18.9 Å². The van der Waals surface area contributed by atoms with Gasteiger partial charge in [0.2, 0.25) is 5.75 Å². The first-order valence-corrected chi connectivity index (χ1v) is 9.36. The zero-order valence-corrected chi connectivity index (χ0v) is 17.2. The van der Waals surface area contributed by atoms with Crippen LogP contribution in [0.3, 0.4) is 0 Å². The molecule has 154 valence electrons. The summed E-state index contributed by atoms with van der Waals surface area (Å²) in [5, 5.41) is 7.37. The van der Waals surface area contributed by atoms with E-state index in [0.717, 1.165) is 22.6 Å². The van der Waals surface area contributed by atoms with Crippen LogP contribution in [0.4, 0.5) is 0 Å². The summed E-state index contributed by atoms with van der Waals surface area (Å²) in [5.41, 5.74) is 4.63. The minimum atomic E-state index is 0.0246. The number of ether oxygens (including phenoxy) is 4. The van der Waals surface area contributed by atoms with E-state index in [1.807, 2.05) is 36.4 Å². The first kappa shape index (κ1) is 19.6. The summed E-state index contributed by atoms with van der Waals surface area (Å²) in [7, 11) is 6.31. The third-order valence-electron chi connectivity index (χ3n) is 5.12. The van der Waals surface area contributed by atoms with Crippen molar-refractivity contribution in [3.63, 3.8) is 0 Å². The van der Waals surface area contributed by atoms with Crippen molar-refractivity contribution >= 4 is 11.9 Å². The molecule has 0 atom stereocenters. The maximum atomic E-state index is 12.7. The summed E-state index contributed by atoms with van der Waals surface area (Å²) in [6.45, 7) is 0. The lowest BCUT2D eigenvalue weighted by molar-refractivity contribution is 0.104. The summed E-state index contributed by atoms with van der Waals surface area (Å²) >= 11 is 0. The predicted molar refractivity (Wildman–Crippen MR) is 113 cm³/mol. The molecule has 1 heterocycles. The van der Waals surface area contributed by atoms with Gasteiger partial charge in [-0.3, -0.25) is 9.89 Å². The third kappa shape index (κ3) is 3.39. The third-order valence-corrected chi connectivity index (χ3v) is 5.12. The van der Waals surface area contributed by atoms with Crippen LogP contribution in [0.15, 0.2) is 42.0 Å². The van der Waals surface area contributed by atoms with Gasteiger partial charge in [0, 0.05) is 23.1 Å². The fourth-order valence-electron chi connectivity index (χ4n) is 3.61. The number of carbonyl (C=O) groups is 1. The average Bonchev–Trinajstić information content (AvgIpc) is 3.37. The molecule has 0 amide bonds. The molecule has 0 saturated heterocycles. The van der Waals surface area contributed by atoms with Crippen molar-refractivity contribution in [3.05, 3.63) is 58.8 Å². The maximum Gasteiger partial charge on any atom is 0.203 e. The molecule has 4 rings (SSSR count). The number of rotatable bonds is 6. The largest absolute Gasteiger partial charge is 0.497 e. The van der Waals surface area contributed by atoms with E-state index in [1.54, 1.807) is 34.5 Å². The zero-order chi connectivity index (χ0) is 21.3. The Hall–Kier alpha value is -3.74. The van der Waals surface area contributed by atoms with Gasteiger partial charge in [-0.25, -0.2) is 0 Å². The topological polar surface area (TPSA) is 82.7 Å². The number of hydrogen-bond acceptors (Lipinski definition) is 6. The van der Waals surface area contributed by atoms with Gasteiger partial charge in [0.25, 0.3) is 0 Å². The number of hydrogen-bond donors (Lipinski definition) is 1. The summed E-state index contributed by atoms with van der Waals surface area (Å²) in [4.78, 5) is 12.7. The van der Waals surface area contributed by atoms with E-state index in [-0.39, 0.29) is 5.78 Å². The van der Waals surface area contributed by atoms with Crippen LogP contribution >= 0.6 is 0 Å². The Balaban J connectivity index is 1.65. The van der Waals surface area contributed by atoms with Crippen molar-refractivity contribution < 1.29 is 23.7 Å². The Morgan fingerprint density at radius 3 is 2.30 bits per heavy atom. The van der Waals surface area contributed by atoms with Gasteiger partial charge in [-0.05, 0) is 48.0 Å². The first-order chi connectivity index (χ1) is 14.6. The number of nitrogens with zero attached hydrogens (tertiary/aromatic N) is 1. The molecule has 0 spiro atoms. The van der Waals surface area contributed by atoms with Crippen molar-refractivity contribution in [2.75, 3.05) is 28.4 Å². The fourth-order valence-corrected chi connectivity index (χ4v) is 3.61. The van der Waals surface area contributed by atoms with Crippen molar-refractivity contribution in [1.82, 2.24) is 10.2 Å². The van der Waals surface area contributed by atoms with E-state index in [4.69, 9.17) is 18.9 Å². The lowest BCUT2D eigenvalue weighted by Gasteiger charge is -2.13. The molecule has 1 N–H and O–H groups in total. The van der Waals surface area contributed by atoms with Gasteiger partial charge in [0.1, 0.15) is 5.75 Å². The van der Waals surface area contributed by atoms with Crippen molar-refractivity contribution in [3.8, 4) is 34.3 Å². The average molecular weight is 406 g/mol. The van der Waals surface area contributed by atoms with Gasteiger partial charge in [-0.15, -0.1) is 0 Å². The molecule has 7 heteroatoms. The Kier molecular flexibility index (Phi) is 5.18. The van der Waals surface area contributed by atoms with Gasteiger partial charge in [-0.2, -0.15) is 5.10 Å². The lowest BCUT2D eigenvalue weighted by Crippen LogP contribution is -1.95. The number of benzene rings is 2. The number of aromatic nitrogens is 2. The predicted octanol–water partition coefficient (Wildman–Crippen LogP) is 3.93. The Morgan fingerprint density at radius 2 is 1.67 bits per heavy atom. The summed E-state index contributed by atoms with van der Waals surface area (Å²) < 4.78 is 21.5. The summed E-state index contributed by atoms with van der Waals surface area (Å²) in [6.07, 6.45) is 2.40. The molecule has 1 aliphatic rings. The smallest absolute Gasteiger partial charge is 0.203 e. The molecule has 0 fully saturated rings. The minimum absolute atomic E-state index is 0.0246. The minimum Gasteiger partial charge on any atom is -0.497 e.